The summed E-state index contributed by atoms with van der Waals surface area (Å²) in [5.41, 5.74) is 0.820. The molecule has 0 spiro atoms. The second kappa shape index (κ2) is 7.37. The van der Waals surface area contributed by atoms with Crippen LogP contribution in [-0.2, 0) is 14.8 Å². The predicted octanol–water partition coefficient (Wildman–Crippen LogP) is 1.61. The summed E-state index contributed by atoms with van der Waals surface area (Å²) in [6, 6.07) is 2.28. The van der Waals surface area contributed by atoms with Crippen LogP contribution in [0.3, 0.4) is 0 Å². The van der Waals surface area contributed by atoms with Crippen LogP contribution in [0, 0.1) is 5.92 Å². The maximum Gasteiger partial charge on any atom is 0.214 e. The van der Waals surface area contributed by atoms with Crippen molar-refractivity contribution in [2.75, 3.05) is 37.9 Å². The van der Waals surface area contributed by atoms with E-state index in [2.05, 4.69) is 19.9 Å². The van der Waals surface area contributed by atoms with E-state index in [4.69, 9.17) is 4.74 Å². The second-order valence-corrected chi connectivity index (χ2v) is 9.85. The standard InChI is InChI=1S/C18H27N5O3S/c1-22(10-15-4-3-7-26-15)27(24,25)11-13-8-14(9-13)23(2)18-16-5-6-19-17(16)20-12-21-18/h5-6,12-15H,3-4,7-11H2,1-2H3,(H,19,20,21). The number of hydrogen-bond donors (Lipinski definition) is 1. The first-order valence-corrected chi connectivity index (χ1v) is 11.1. The van der Waals surface area contributed by atoms with Crippen LogP contribution >= 0.6 is 0 Å². The zero-order chi connectivity index (χ0) is 19.0. The minimum absolute atomic E-state index is 0.0478. The van der Waals surface area contributed by atoms with Crippen LogP contribution in [0.5, 0.6) is 0 Å². The highest BCUT2D eigenvalue weighted by Gasteiger charge is 2.37. The van der Waals surface area contributed by atoms with Gasteiger partial charge in [0.1, 0.15) is 17.8 Å². The van der Waals surface area contributed by atoms with Gasteiger partial charge in [-0.15, -0.1) is 0 Å². The summed E-state index contributed by atoms with van der Waals surface area (Å²) < 4.78 is 32.3. The normalized spacial score (nSPS) is 25.8. The van der Waals surface area contributed by atoms with Gasteiger partial charge in [0.25, 0.3) is 0 Å². The average Bonchev–Trinajstić information content (AvgIpc) is 3.28. The van der Waals surface area contributed by atoms with Gasteiger partial charge < -0.3 is 14.6 Å². The van der Waals surface area contributed by atoms with E-state index in [-0.39, 0.29) is 17.8 Å². The average molecular weight is 394 g/mol. The first-order chi connectivity index (χ1) is 12.9. The molecule has 4 rings (SSSR count). The molecule has 1 aliphatic heterocycles. The van der Waals surface area contributed by atoms with Gasteiger partial charge in [0, 0.05) is 39.5 Å². The van der Waals surface area contributed by atoms with Gasteiger partial charge in [0.2, 0.25) is 10.0 Å². The Morgan fingerprint density at radius 1 is 1.30 bits per heavy atom. The zero-order valence-electron chi connectivity index (χ0n) is 15.8. The van der Waals surface area contributed by atoms with E-state index in [1.165, 1.54) is 4.31 Å². The fraction of sp³-hybridized carbons (Fsp3) is 0.667. The van der Waals surface area contributed by atoms with Crippen LogP contribution < -0.4 is 4.90 Å². The van der Waals surface area contributed by atoms with Crippen LogP contribution in [0.25, 0.3) is 11.0 Å². The minimum Gasteiger partial charge on any atom is -0.377 e. The monoisotopic (exact) mass is 393 g/mol. The lowest BCUT2D eigenvalue weighted by Gasteiger charge is -2.42. The third-order valence-corrected chi connectivity index (χ3v) is 7.82. The maximum absolute atomic E-state index is 12.6. The third kappa shape index (κ3) is 3.81. The number of ether oxygens (including phenoxy) is 1. The van der Waals surface area contributed by atoms with Crippen molar-refractivity contribution in [1.29, 1.82) is 0 Å². The number of sulfonamides is 1. The minimum atomic E-state index is -3.24. The van der Waals surface area contributed by atoms with Crippen LogP contribution in [-0.4, -0.2) is 72.8 Å². The number of rotatable bonds is 7. The lowest BCUT2D eigenvalue weighted by molar-refractivity contribution is 0.0976. The fourth-order valence-corrected chi connectivity index (χ4v) is 5.60. The predicted molar refractivity (Wildman–Crippen MR) is 104 cm³/mol. The van der Waals surface area contributed by atoms with Crippen molar-refractivity contribution < 1.29 is 13.2 Å². The van der Waals surface area contributed by atoms with Crippen LogP contribution in [0.15, 0.2) is 18.6 Å². The lowest BCUT2D eigenvalue weighted by Crippen LogP contribution is -2.47. The van der Waals surface area contributed by atoms with E-state index in [0.717, 1.165) is 49.1 Å². The number of aromatic amines is 1. The second-order valence-electron chi connectivity index (χ2n) is 7.73. The number of anilines is 1. The molecule has 0 aromatic carbocycles. The number of nitrogens with one attached hydrogen (secondary N) is 1. The van der Waals surface area contributed by atoms with Crippen molar-refractivity contribution in [3.05, 3.63) is 18.6 Å². The van der Waals surface area contributed by atoms with Gasteiger partial charge in [-0.1, -0.05) is 0 Å². The number of nitrogens with zero attached hydrogens (tertiary/aromatic N) is 4. The molecule has 2 fully saturated rings. The van der Waals surface area contributed by atoms with Crippen molar-refractivity contribution >= 4 is 26.9 Å². The van der Waals surface area contributed by atoms with Gasteiger partial charge in [0.15, 0.2) is 0 Å². The Balaban J connectivity index is 1.33. The van der Waals surface area contributed by atoms with Gasteiger partial charge in [0.05, 0.1) is 17.2 Å². The van der Waals surface area contributed by atoms with Crippen molar-refractivity contribution in [1.82, 2.24) is 19.3 Å². The Hall–Kier alpha value is -1.71. The van der Waals surface area contributed by atoms with Crippen LogP contribution in [0.1, 0.15) is 25.7 Å². The highest BCUT2D eigenvalue weighted by atomic mass is 32.2. The largest absolute Gasteiger partial charge is 0.377 e. The maximum atomic E-state index is 12.6. The van der Waals surface area contributed by atoms with Gasteiger partial charge >= 0.3 is 0 Å². The van der Waals surface area contributed by atoms with Crippen molar-refractivity contribution in [2.45, 2.75) is 37.8 Å². The quantitative estimate of drug-likeness (QED) is 0.768. The number of hydrogen-bond acceptors (Lipinski definition) is 6. The molecule has 1 saturated carbocycles. The van der Waals surface area contributed by atoms with Crippen LogP contribution in [0.4, 0.5) is 5.82 Å². The molecule has 1 unspecified atom stereocenters. The van der Waals surface area contributed by atoms with E-state index >= 15 is 0 Å². The Morgan fingerprint density at radius 3 is 2.85 bits per heavy atom. The van der Waals surface area contributed by atoms with E-state index in [1.807, 2.05) is 19.3 Å². The molecular formula is C18H27N5O3S. The third-order valence-electron chi connectivity index (χ3n) is 5.83. The molecule has 3 heterocycles. The summed E-state index contributed by atoms with van der Waals surface area (Å²) in [6.45, 7) is 1.21. The molecule has 1 aliphatic carbocycles. The Kier molecular flexibility index (Phi) is 5.09. The highest BCUT2D eigenvalue weighted by Crippen LogP contribution is 2.36. The zero-order valence-corrected chi connectivity index (χ0v) is 16.7. The number of fused-ring (bicyclic) bond motifs is 1. The van der Waals surface area contributed by atoms with Gasteiger partial charge in [-0.05, 0) is 37.7 Å². The van der Waals surface area contributed by atoms with Gasteiger partial charge in [-0.2, -0.15) is 0 Å². The smallest absolute Gasteiger partial charge is 0.214 e. The Bertz CT molecular complexity index is 887. The molecule has 1 saturated heterocycles. The first kappa shape index (κ1) is 18.6. The molecule has 148 valence electrons. The van der Waals surface area contributed by atoms with E-state index in [0.29, 0.717) is 12.6 Å². The molecule has 1 N–H and O–H groups in total. The molecule has 27 heavy (non-hydrogen) atoms. The number of likely N-dealkylation sites (N-methyl/N-ethyl adjacent to an activating group) is 1. The molecule has 9 heteroatoms. The Labute approximate surface area is 160 Å². The van der Waals surface area contributed by atoms with E-state index in [9.17, 15) is 8.42 Å². The van der Waals surface area contributed by atoms with Crippen molar-refractivity contribution in [3.8, 4) is 0 Å². The summed E-state index contributed by atoms with van der Waals surface area (Å²) in [6.07, 6.45) is 7.16. The lowest BCUT2D eigenvalue weighted by atomic mass is 9.81. The molecular weight excluding hydrogens is 366 g/mol. The molecule has 8 nitrogen and oxygen atoms in total. The molecule has 0 radical (unpaired) electrons. The summed E-state index contributed by atoms with van der Waals surface area (Å²) >= 11 is 0. The van der Waals surface area contributed by atoms with E-state index in [1.54, 1.807) is 13.4 Å². The molecule has 2 aliphatic rings. The summed E-state index contributed by atoms with van der Waals surface area (Å²) in [4.78, 5) is 13.9. The number of aromatic nitrogens is 3. The van der Waals surface area contributed by atoms with Crippen molar-refractivity contribution in [2.24, 2.45) is 5.92 Å². The topological polar surface area (TPSA) is 91.4 Å². The van der Waals surface area contributed by atoms with Crippen LogP contribution in [0.2, 0.25) is 0 Å². The molecule has 0 amide bonds. The molecule has 0 bridgehead atoms. The Morgan fingerprint density at radius 2 is 2.11 bits per heavy atom. The summed E-state index contributed by atoms with van der Waals surface area (Å²) in [5, 5.41) is 0.993. The van der Waals surface area contributed by atoms with Gasteiger partial charge in [-0.3, -0.25) is 0 Å². The molecule has 1 atom stereocenters. The molecule has 2 aromatic rings. The number of H-pyrrole nitrogens is 1. The van der Waals surface area contributed by atoms with Crippen molar-refractivity contribution in [3.63, 3.8) is 0 Å². The summed E-state index contributed by atoms with van der Waals surface area (Å²) in [7, 11) is 0.448. The fourth-order valence-electron chi connectivity index (χ4n) is 4.08. The summed E-state index contributed by atoms with van der Waals surface area (Å²) in [5.74, 6) is 1.30. The van der Waals surface area contributed by atoms with E-state index < -0.39 is 10.0 Å². The molecule has 2 aromatic heterocycles. The SMILES string of the molecule is CN(c1ncnc2[nH]ccc12)C1CC(CS(=O)(=O)N(C)CC2CCCO2)C1. The van der Waals surface area contributed by atoms with Gasteiger partial charge in [-0.25, -0.2) is 22.7 Å². The highest BCUT2D eigenvalue weighted by molar-refractivity contribution is 7.89. The first-order valence-electron chi connectivity index (χ1n) is 9.50.